The summed E-state index contributed by atoms with van der Waals surface area (Å²) in [4.78, 5) is 10.8. The molecule has 18 heavy (non-hydrogen) atoms. The van der Waals surface area contributed by atoms with Gasteiger partial charge in [-0.1, -0.05) is 24.6 Å². The molecule has 0 aliphatic heterocycles. The Morgan fingerprint density at radius 3 is 2.83 bits per heavy atom. The first-order chi connectivity index (χ1) is 8.85. The number of hydrogen-bond acceptors (Lipinski definition) is 1. The van der Waals surface area contributed by atoms with Crippen LogP contribution in [0.1, 0.15) is 36.0 Å². The summed E-state index contributed by atoms with van der Waals surface area (Å²) in [5, 5.41) is 1.20. The van der Waals surface area contributed by atoms with Gasteiger partial charge in [-0.25, -0.2) is 0 Å². The lowest BCUT2D eigenvalue weighted by molar-refractivity contribution is 0.112. The summed E-state index contributed by atoms with van der Waals surface area (Å²) in [6.45, 7) is 4.75. The minimum atomic E-state index is 0.745. The van der Waals surface area contributed by atoms with Crippen LogP contribution in [0.25, 0.3) is 10.9 Å². The molecular formula is C16H19NO. The maximum Gasteiger partial charge on any atom is 0.150 e. The number of fused-ring (bicyclic) bond motifs is 1. The van der Waals surface area contributed by atoms with E-state index in [1.165, 1.54) is 24.6 Å². The summed E-state index contributed by atoms with van der Waals surface area (Å²) >= 11 is 0. The van der Waals surface area contributed by atoms with E-state index in [2.05, 4.69) is 23.4 Å². The molecule has 0 saturated heterocycles. The molecule has 0 aliphatic carbocycles. The van der Waals surface area contributed by atoms with Gasteiger partial charge in [-0.2, -0.15) is 0 Å². The van der Waals surface area contributed by atoms with E-state index in [1.807, 2.05) is 24.3 Å². The van der Waals surface area contributed by atoms with E-state index in [0.717, 1.165) is 30.3 Å². The first-order valence-electron chi connectivity index (χ1n) is 6.50. The van der Waals surface area contributed by atoms with Gasteiger partial charge < -0.3 is 4.57 Å². The first kappa shape index (κ1) is 12.6. The number of aromatic nitrogens is 1. The SMILES string of the molecule is C=CCCCCCn1ccc2ccc(C=O)cc21. The molecule has 2 nitrogen and oxygen atoms in total. The van der Waals surface area contributed by atoms with Crippen LogP contribution < -0.4 is 0 Å². The lowest BCUT2D eigenvalue weighted by Gasteiger charge is -2.05. The molecule has 0 N–H and O–H groups in total. The van der Waals surface area contributed by atoms with Gasteiger partial charge in [0.1, 0.15) is 6.29 Å². The minimum absolute atomic E-state index is 0.745. The molecule has 0 atom stereocenters. The number of rotatable bonds is 7. The van der Waals surface area contributed by atoms with E-state index in [0.29, 0.717) is 0 Å². The molecule has 0 amide bonds. The Morgan fingerprint density at radius 2 is 2.06 bits per heavy atom. The second kappa shape index (κ2) is 6.20. The number of carbonyl (C=O) groups is 1. The van der Waals surface area contributed by atoms with Crippen molar-refractivity contribution in [3.8, 4) is 0 Å². The predicted octanol–water partition coefficient (Wildman–Crippen LogP) is 4.20. The molecule has 2 heteroatoms. The van der Waals surface area contributed by atoms with Crippen LogP contribution in [0, 0.1) is 0 Å². The van der Waals surface area contributed by atoms with Crippen molar-refractivity contribution >= 4 is 17.2 Å². The van der Waals surface area contributed by atoms with E-state index in [-0.39, 0.29) is 0 Å². The van der Waals surface area contributed by atoms with E-state index >= 15 is 0 Å². The molecule has 0 aliphatic rings. The van der Waals surface area contributed by atoms with Crippen molar-refractivity contribution < 1.29 is 4.79 Å². The molecule has 94 valence electrons. The zero-order chi connectivity index (χ0) is 12.8. The lowest BCUT2D eigenvalue weighted by Crippen LogP contribution is -1.96. The Hall–Kier alpha value is -1.83. The van der Waals surface area contributed by atoms with Gasteiger partial charge in [0.05, 0.1) is 0 Å². The average molecular weight is 241 g/mol. The Kier molecular flexibility index (Phi) is 4.35. The zero-order valence-electron chi connectivity index (χ0n) is 10.6. The van der Waals surface area contributed by atoms with Gasteiger partial charge in [-0.15, -0.1) is 6.58 Å². The smallest absolute Gasteiger partial charge is 0.150 e. The third kappa shape index (κ3) is 2.89. The van der Waals surface area contributed by atoms with Gasteiger partial charge in [0.15, 0.2) is 0 Å². The highest BCUT2D eigenvalue weighted by Gasteiger charge is 2.01. The molecule has 2 rings (SSSR count). The van der Waals surface area contributed by atoms with E-state index in [9.17, 15) is 4.79 Å². The number of nitrogens with zero attached hydrogens (tertiary/aromatic N) is 1. The molecule has 0 unspecified atom stereocenters. The summed E-state index contributed by atoms with van der Waals surface area (Å²) in [6, 6.07) is 7.94. The molecule has 1 aromatic heterocycles. The van der Waals surface area contributed by atoms with Gasteiger partial charge >= 0.3 is 0 Å². The lowest BCUT2D eigenvalue weighted by atomic mass is 10.1. The molecule has 0 bridgehead atoms. The predicted molar refractivity (Wildman–Crippen MR) is 76.0 cm³/mol. The number of aryl methyl sites for hydroxylation is 1. The second-order valence-corrected chi connectivity index (χ2v) is 4.58. The Morgan fingerprint density at radius 1 is 1.17 bits per heavy atom. The minimum Gasteiger partial charge on any atom is -0.347 e. The van der Waals surface area contributed by atoms with Crippen molar-refractivity contribution in [3.05, 3.63) is 48.7 Å². The van der Waals surface area contributed by atoms with Crippen LogP contribution in [0.2, 0.25) is 0 Å². The van der Waals surface area contributed by atoms with E-state index in [1.54, 1.807) is 0 Å². The van der Waals surface area contributed by atoms with Crippen LogP contribution in [0.4, 0.5) is 0 Å². The first-order valence-corrected chi connectivity index (χ1v) is 6.50. The molecule has 0 saturated carbocycles. The number of hydrogen-bond donors (Lipinski definition) is 0. The largest absolute Gasteiger partial charge is 0.347 e. The second-order valence-electron chi connectivity index (χ2n) is 4.58. The third-order valence-corrected chi connectivity index (χ3v) is 3.24. The van der Waals surface area contributed by atoms with E-state index < -0.39 is 0 Å². The van der Waals surface area contributed by atoms with Crippen molar-refractivity contribution in [2.75, 3.05) is 0 Å². The quantitative estimate of drug-likeness (QED) is 0.404. The summed E-state index contributed by atoms with van der Waals surface area (Å²) in [5.74, 6) is 0. The summed E-state index contributed by atoms with van der Waals surface area (Å²) < 4.78 is 2.23. The number of aldehydes is 1. The summed E-state index contributed by atoms with van der Waals surface area (Å²) in [6.07, 6.45) is 9.68. The highest BCUT2D eigenvalue weighted by molar-refractivity contribution is 5.87. The van der Waals surface area contributed by atoms with Crippen LogP contribution in [0.15, 0.2) is 43.1 Å². The average Bonchev–Trinajstić information content (AvgIpc) is 2.81. The Balaban J connectivity index is 2.03. The van der Waals surface area contributed by atoms with Crippen molar-refractivity contribution in [2.24, 2.45) is 0 Å². The van der Waals surface area contributed by atoms with Gasteiger partial charge in [-0.05, 0) is 36.8 Å². The molecule has 0 fully saturated rings. The fraction of sp³-hybridized carbons (Fsp3) is 0.312. The van der Waals surface area contributed by atoms with E-state index in [4.69, 9.17) is 0 Å². The highest BCUT2D eigenvalue weighted by Crippen LogP contribution is 2.18. The molecule has 1 heterocycles. The van der Waals surface area contributed by atoms with Crippen molar-refractivity contribution in [1.29, 1.82) is 0 Å². The fourth-order valence-electron chi connectivity index (χ4n) is 2.22. The Labute approximate surface area is 108 Å². The molecule has 0 spiro atoms. The summed E-state index contributed by atoms with van der Waals surface area (Å²) in [5.41, 5.74) is 1.90. The van der Waals surface area contributed by atoms with Gasteiger partial charge in [-0.3, -0.25) is 4.79 Å². The van der Waals surface area contributed by atoms with Crippen LogP contribution in [0.3, 0.4) is 0 Å². The molecule has 1 aromatic carbocycles. The number of carbonyl (C=O) groups excluding carboxylic acids is 1. The fourth-order valence-corrected chi connectivity index (χ4v) is 2.22. The summed E-state index contributed by atoms with van der Waals surface area (Å²) in [7, 11) is 0. The standard InChI is InChI=1S/C16H19NO/c1-2-3-4-5-6-10-17-11-9-15-8-7-14(13-18)12-16(15)17/h2,7-9,11-13H,1,3-6,10H2. The Bertz CT molecular complexity index is 539. The van der Waals surface area contributed by atoms with Gasteiger partial charge in [0, 0.05) is 23.8 Å². The highest BCUT2D eigenvalue weighted by atomic mass is 16.1. The van der Waals surface area contributed by atoms with Gasteiger partial charge in [0.25, 0.3) is 0 Å². The maximum absolute atomic E-state index is 10.8. The zero-order valence-corrected chi connectivity index (χ0v) is 10.6. The molecule has 0 radical (unpaired) electrons. The van der Waals surface area contributed by atoms with Crippen molar-refractivity contribution in [3.63, 3.8) is 0 Å². The molecule has 2 aromatic rings. The monoisotopic (exact) mass is 241 g/mol. The number of benzene rings is 1. The number of allylic oxidation sites excluding steroid dienone is 1. The topological polar surface area (TPSA) is 22.0 Å². The van der Waals surface area contributed by atoms with Crippen LogP contribution in [0.5, 0.6) is 0 Å². The molecular weight excluding hydrogens is 222 g/mol. The van der Waals surface area contributed by atoms with Crippen molar-refractivity contribution in [2.45, 2.75) is 32.2 Å². The van der Waals surface area contributed by atoms with Crippen LogP contribution in [-0.4, -0.2) is 10.9 Å². The van der Waals surface area contributed by atoms with Gasteiger partial charge in [0.2, 0.25) is 0 Å². The van der Waals surface area contributed by atoms with Crippen LogP contribution in [-0.2, 0) is 6.54 Å². The third-order valence-electron chi connectivity index (χ3n) is 3.24. The maximum atomic E-state index is 10.8. The normalized spacial score (nSPS) is 10.7. The van der Waals surface area contributed by atoms with Crippen LogP contribution >= 0.6 is 0 Å². The number of unbranched alkanes of at least 4 members (excludes halogenated alkanes) is 3. The van der Waals surface area contributed by atoms with Crippen molar-refractivity contribution in [1.82, 2.24) is 4.57 Å².